The molecule has 2 heteroatoms. The van der Waals surface area contributed by atoms with Crippen LogP contribution in [0.3, 0.4) is 0 Å². The Kier molecular flexibility index (Phi) is 4.07. The predicted molar refractivity (Wildman–Crippen MR) is 171 cm³/mol. The standard InChI is InChI=1S/C39H22OS/c1-4-13-32-26(8-1)28-11-7-12-30-36(28)39(32,37-29-10-3-6-15-35(29)41-38(30)37)25-19-16-23(17-20-25)24-18-21-34-31(22-24)27-9-2-5-14-33(27)40-34/h1-22H. The molecular weight excluding hydrogens is 516 g/mol. The molecule has 0 saturated heterocycles. The monoisotopic (exact) mass is 538 g/mol. The SMILES string of the molecule is c1ccc2c(c1)-c1cccc3c1C2(c1ccc(-c2ccc4oc5ccccc5c4c2)cc1)c1c-3sc2ccccc12. The first-order chi connectivity index (χ1) is 20.3. The third-order valence-corrected chi connectivity index (χ3v) is 10.5. The second-order valence-electron chi connectivity index (χ2n) is 11.2. The number of thiophene rings is 1. The largest absolute Gasteiger partial charge is 0.456 e. The van der Waals surface area contributed by atoms with Crippen LogP contribution in [0.5, 0.6) is 0 Å². The molecule has 2 aliphatic carbocycles. The fraction of sp³-hybridized carbons (Fsp3) is 0.0256. The summed E-state index contributed by atoms with van der Waals surface area (Å²) in [4.78, 5) is 1.42. The maximum absolute atomic E-state index is 6.09. The van der Waals surface area contributed by atoms with Gasteiger partial charge in [-0.3, -0.25) is 0 Å². The van der Waals surface area contributed by atoms with E-state index in [4.69, 9.17) is 4.42 Å². The molecule has 1 nitrogen and oxygen atoms in total. The van der Waals surface area contributed by atoms with Crippen molar-refractivity contribution >= 4 is 43.4 Å². The van der Waals surface area contributed by atoms with Gasteiger partial charge in [0.1, 0.15) is 11.2 Å². The highest BCUT2D eigenvalue weighted by Gasteiger charge is 2.54. The zero-order chi connectivity index (χ0) is 26.7. The van der Waals surface area contributed by atoms with E-state index < -0.39 is 0 Å². The zero-order valence-electron chi connectivity index (χ0n) is 22.0. The number of benzene rings is 6. The quantitative estimate of drug-likeness (QED) is 0.213. The van der Waals surface area contributed by atoms with Gasteiger partial charge in [0.25, 0.3) is 0 Å². The summed E-state index contributed by atoms with van der Waals surface area (Å²) in [6, 6.07) is 49.1. The molecule has 6 aromatic carbocycles. The number of fused-ring (bicyclic) bond motifs is 11. The molecule has 0 radical (unpaired) electrons. The molecule has 2 aromatic heterocycles. The van der Waals surface area contributed by atoms with Crippen molar-refractivity contribution in [3.8, 4) is 32.7 Å². The van der Waals surface area contributed by atoms with E-state index in [1.165, 1.54) is 65.0 Å². The summed E-state index contributed by atoms with van der Waals surface area (Å²) in [5, 5.41) is 3.69. The molecule has 0 N–H and O–H groups in total. The van der Waals surface area contributed by atoms with Gasteiger partial charge in [0.15, 0.2) is 0 Å². The van der Waals surface area contributed by atoms with Crippen LogP contribution < -0.4 is 0 Å². The van der Waals surface area contributed by atoms with Crippen molar-refractivity contribution in [1.29, 1.82) is 0 Å². The summed E-state index contributed by atoms with van der Waals surface area (Å²) in [5.74, 6) is 0. The number of rotatable bonds is 2. The van der Waals surface area contributed by atoms with Gasteiger partial charge in [-0.2, -0.15) is 0 Å². The third-order valence-electron chi connectivity index (χ3n) is 9.30. The molecule has 0 amide bonds. The van der Waals surface area contributed by atoms with E-state index >= 15 is 0 Å². The summed E-state index contributed by atoms with van der Waals surface area (Å²) in [6.07, 6.45) is 0. The van der Waals surface area contributed by atoms with Crippen LogP contribution in [0.4, 0.5) is 0 Å². The van der Waals surface area contributed by atoms with Crippen LogP contribution in [0.15, 0.2) is 138 Å². The Morgan fingerprint density at radius 2 is 1.20 bits per heavy atom. The van der Waals surface area contributed by atoms with Gasteiger partial charge < -0.3 is 4.42 Å². The Balaban J connectivity index is 1.23. The van der Waals surface area contributed by atoms with Crippen LogP contribution >= 0.6 is 11.3 Å². The average molecular weight is 539 g/mol. The van der Waals surface area contributed by atoms with Gasteiger partial charge in [-0.05, 0) is 79.7 Å². The number of furan rings is 1. The molecule has 2 aliphatic rings. The fourth-order valence-electron chi connectivity index (χ4n) is 7.68. The minimum Gasteiger partial charge on any atom is -0.456 e. The van der Waals surface area contributed by atoms with Crippen LogP contribution in [-0.2, 0) is 5.41 Å². The first kappa shape index (κ1) is 21.8. The third kappa shape index (κ3) is 2.62. The predicted octanol–water partition coefficient (Wildman–Crippen LogP) is 10.8. The molecule has 0 spiro atoms. The van der Waals surface area contributed by atoms with Gasteiger partial charge in [-0.25, -0.2) is 0 Å². The Bertz CT molecular complexity index is 2370. The van der Waals surface area contributed by atoms with Crippen molar-refractivity contribution in [1.82, 2.24) is 0 Å². The van der Waals surface area contributed by atoms with Crippen molar-refractivity contribution in [2.75, 3.05) is 0 Å². The van der Waals surface area contributed by atoms with Gasteiger partial charge >= 0.3 is 0 Å². The molecule has 1 atom stereocenters. The Labute approximate surface area is 240 Å². The highest BCUT2D eigenvalue weighted by Crippen LogP contribution is 2.67. The van der Waals surface area contributed by atoms with E-state index in [9.17, 15) is 0 Å². The number of hydrogen-bond acceptors (Lipinski definition) is 2. The zero-order valence-corrected chi connectivity index (χ0v) is 22.8. The molecule has 0 saturated carbocycles. The van der Waals surface area contributed by atoms with Gasteiger partial charge in [0.05, 0.1) is 5.41 Å². The second-order valence-corrected chi connectivity index (χ2v) is 12.3. The smallest absolute Gasteiger partial charge is 0.135 e. The maximum atomic E-state index is 6.09. The van der Waals surface area contributed by atoms with E-state index in [1.807, 2.05) is 23.5 Å². The van der Waals surface area contributed by atoms with E-state index in [1.54, 1.807) is 0 Å². The maximum Gasteiger partial charge on any atom is 0.135 e. The Morgan fingerprint density at radius 3 is 2.12 bits per heavy atom. The average Bonchev–Trinajstić information content (AvgIpc) is 3.75. The first-order valence-electron chi connectivity index (χ1n) is 14.1. The minimum atomic E-state index is -0.319. The molecule has 10 rings (SSSR count). The van der Waals surface area contributed by atoms with Gasteiger partial charge in [-0.1, -0.05) is 109 Å². The fourth-order valence-corrected chi connectivity index (χ4v) is 8.97. The normalized spacial score (nSPS) is 16.4. The molecule has 41 heavy (non-hydrogen) atoms. The van der Waals surface area contributed by atoms with Crippen molar-refractivity contribution in [3.63, 3.8) is 0 Å². The summed E-state index contributed by atoms with van der Waals surface area (Å²) in [7, 11) is 0. The minimum absolute atomic E-state index is 0.319. The second kappa shape index (κ2) is 7.63. The molecule has 8 aromatic rings. The van der Waals surface area contributed by atoms with E-state index in [-0.39, 0.29) is 5.41 Å². The Morgan fingerprint density at radius 1 is 0.488 bits per heavy atom. The van der Waals surface area contributed by atoms with E-state index in [0.717, 1.165) is 21.9 Å². The van der Waals surface area contributed by atoms with Crippen LogP contribution in [0.2, 0.25) is 0 Å². The van der Waals surface area contributed by atoms with E-state index in [0.29, 0.717) is 0 Å². The van der Waals surface area contributed by atoms with Gasteiger partial charge in [-0.15, -0.1) is 11.3 Å². The summed E-state index contributed by atoms with van der Waals surface area (Å²) in [6.45, 7) is 0. The highest BCUT2D eigenvalue weighted by atomic mass is 32.1. The molecular formula is C39H22OS. The molecule has 0 aliphatic heterocycles. The first-order valence-corrected chi connectivity index (χ1v) is 14.9. The summed E-state index contributed by atoms with van der Waals surface area (Å²) < 4.78 is 7.45. The lowest BCUT2D eigenvalue weighted by Crippen LogP contribution is -2.26. The topological polar surface area (TPSA) is 13.1 Å². The van der Waals surface area contributed by atoms with Crippen LogP contribution in [-0.4, -0.2) is 0 Å². The highest BCUT2D eigenvalue weighted by molar-refractivity contribution is 7.22. The lowest BCUT2D eigenvalue weighted by Gasteiger charge is -2.31. The van der Waals surface area contributed by atoms with E-state index in [2.05, 4.69) is 121 Å². The van der Waals surface area contributed by atoms with Crippen LogP contribution in [0.25, 0.3) is 64.7 Å². The van der Waals surface area contributed by atoms with Gasteiger partial charge in [0, 0.05) is 20.3 Å². The van der Waals surface area contributed by atoms with Crippen molar-refractivity contribution < 1.29 is 4.42 Å². The van der Waals surface area contributed by atoms with Gasteiger partial charge in [0.2, 0.25) is 0 Å². The van der Waals surface area contributed by atoms with Crippen LogP contribution in [0, 0.1) is 0 Å². The lowest BCUT2D eigenvalue weighted by atomic mass is 9.70. The van der Waals surface area contributed by atoms with Crippen molar-refractivity contribution in [2.45, 2.75) is 5.41 Å². The summed E-state index contributed by atoms with van der Waals surface area (Å²) >= 11 is 1.94. The Hall–Kier alpha value is -4.92. The van der Waals surface area contributed by atoms with Crippen molar-refractivity contribution in [2.24, 2.45) is 0 Å². The van der Waals surface area contributed by atoms with Crippen molar-refractivity contribution in [3.05, 3.63) is 156 Å². The van der Waals surface area contributed by atoms with Crippen LogP contribution in [0.1, 0.15) is 22.3 Å². The summed E-state index contributed by atoms with van der Waals surface area (Å²) in [5.41, 5.74) is 13.7. The number of hydrogen-bond donors (Lipinski definition) is 0. The lowest BCUT2D eigenvalue weighted by molar-refractivity contribution is 0.669. The number of para-hydroxylation sites is 1. The molecule has 190 valence electrons. The molecule has 2 heterocycles. The molecule has 1 unspecified atom stereocenters. The molecule has 0 fully saturated rings. The molecule has 0 bridgehead atoms.